The molecule has 2 fully saturated rings. The van der Waals surface area contributed by atoms with Gasteiger partial charge in [0.25, 0.3) is 0 Å². The first kappa shape index (κ1) is 12.8. The molecule has 4 rings (SSSR count). The summed E-state index contributed by atoms with van der Waals surface area (Å²) in [4.78, 5) is 9.20. The van der Waals surface area contributed by atoms with Gasteiger partial charge in [-0.3, -0.25) is 4.90 Å². The van der Waals surface area contributed by atoms with Crippen LogP contribution in [-0.4, -0.2) is 41.2 Å². The van der Waals surface area contributed by atoms with Gasteiger partial charge in [0.2, 0.25) is 0 Å². The van der Waals surface area contributed by atoms with Gasteiger partial charge < -0.3 is 9.42 Å². The zero-order valence-corrected chi connectivity index (χ0v) is 12.1. The maximum Gasteiger partial charge on any atom is 0.140 e. The smallest absolute Gasteiger partial charge is 0.140 e. The van der Waals surface area contributed by atoms with Crippen LogP contribution < -0.4 is 4.90 Å². The van der Waals surface area contributed by atoms with Crippen molar-refractivity contribution in [2.24, 2.45) is 0 Å². The summed E-state index contributed by atoms with van der Waals surface area (Å²) in [5.41, 5.74) is 1.07. The highest BCUT2D eigenvalue weighted by molar-refractivity contribution is 5.38. The molecule has 1 saturated carbocycles. The lowest BCUT2D eigenvalue weighted by atomic mass is 10.2. The first-order valence-electron chi connectivity index (χ1n) is 7.72. The van der Waals surface area contributed by atoms with Gasteiger partial charge in [-0.15, -0.1) is 0 Å². The summed E-state index contributed by atoms with van der Waals surface area (Å²) in [6.45, 7) is 5.02. The lowest BCUT2D eigenvalue weighted by Crippen LogP contribution is -2.46. The van der Waals surface area contributed by atoms with Gasteiger partial charge in [0, 0.05) is 50.9 Å². The Morgan fingerprint density at radius 2 is 2.00 bits per heavy atom. The minimum Gasteiger partial charge on any atom is -0.361 e. The average Bonchev–Trinajstić information content (AvgIpc) is 3.29. The Labute approximate surface area is 124 Å². The number of piperazine rings is 1. The van der Waals surface area contributed by atoms with Crippen molar-refractivity contribution in [2.45, 2.75) is 25.3 Å². The number of nitrogens with zero attached hydrogens (tertiary/aromatic N) is 4. The molecule has 0 unspecified atom stereocenters. The Morgan fingerprint density at radius 3 is 2.71 bits per heavy atom. The summed E-state index contributed by atoms with van der Waals surface area (Å²) < 4.78 is 5.42. The van der Waals surface area contributed by atoms with E-state index in [-0.39, 0.29) is 0 Å². The van der Waals surface area contributed by atoms with Crippen LogP contribution in [0.4, 0.5) is 5.82 Å². The van der Waals surface area contributed by atoms with Crippen LogP contribution in [0.25, 0.3) is 0 Å². The molecule has 0 aromatic carbocycles. The number of pyridine rings is 1. The SMILES string of the molecule is c1ccc(N2CCN(Cc3cc(C4CC4)on3)CC2)nc1. The predicted octanol–water partition coefficient (Wildman–Crippen LogP) is 2.27. The summed E-state index contributed by atoms with van der Waals surface area (Å²) in [7, 11) is 0. The molecule has 21 heavy (non-hydrogen) atoms. The molecule has 2 aromatic rings. The van der Waals surface area contributed by atoms with Crippen molar-refractivity contribution >= 4 is 5.82 Å². The molecule has 110 valence electrons. The van der Waals surface area contributed by atoms with E-state index in [0.29, 0.717) is 5.92 Å². The van der Waals surface area contributed by atoms with Gasteiger partial charge in [0.1, 0.15) is 11.6 Å². The highest BCUT2D eigenvalue weighted by Crippen LogP contribution is 2.40. The van der Waals surface area contributed by atoms with Crippen LogP contribution in [0, 0.1) is 0 Å². The fourth-order valence-corrected chi connectivity index (χ4v) is 2.87. The first-order chi connectivity index (χ1) is 10.4. The highest BCUT2D eigenvalue weighted by Gasteiger charge is 2.28. The fourth-order valence-electron chi connectivity index (χ4n) is 2.87. The van der Waals surface area contributed by atoms with E-state index in [1.54, 1.807) is 0 Å². The van der Waals surface area contributed by atoms with E-state index in [0.717, 1.165) is 50.0 Å². The molecule has 5 nitrogen and oxygen atoms in total. The van der Waals surface area contributed by atoms with E-state index < -0.39 is 0 Å². The second-order valence-electron chi connectivity index (χ2n) is 5.95. The second kappa shape index (κ2) is 5.48. The molecule has 0 radical (unpaired) electrons. The molecule has 0 atom stereocenters. The number of hydrogen-bond donors (Lipinski definition) is 0. The molecular formula is C16H20N4O. The van der Waals surface area contributed by atoms with Gasteiger partial charge in [-0.2, -0.15) is 0 Å². The van der Waals surface area contributed by atoms with Crippen LogP contribution in [0.5, 0.6) is 0 Å². The monoisotopic (exact) mass is 284 g/mol. The summed E-state index contributed by atoms with van der Waals surface area (Å²) in [6.07, 6.45) is 4.38. The number of hydrogen-bond acceptors (Lipinski definition) is 5. The zero-order valence-electron chi connectivity index (χ0n) is 12.1. The number of aromatic nitrogens is 2. The quantitative estimate of drug-likeness (QED) is 0.862. The van der Waals surface area contributed by atoms with E-state index >= 15 is 0 Å². The van der Waals surface area contributed by atoms with Gasteiger partial charge in [-0.1, -0.05) is 11.2 Å². The highest BCUT2D eigenvalue weighted by atomic mass is 16.5. The topological polar surface area (TPSA) is 45.4 Å². The normalized spacial score (nSPS) is 19.9. The molecule has 1 saturated heterocycles. The van der Waals surface area contributed by atoms with E-state index in [1.165, 1.54) is 12.8 Å². The average molecular weight is 284 g/mol. The van der Waals surface area contributed by atoms with Crippen LogP contribution in [0.15, 0.2) is 35.0 Å². The molecule has 0 bridgehead atoms. The third-order valence-electron chi connectivity index (χ3n) is 4.29. The molecule has 1 aliphatic carbocycles. The Kier molecular flexibility index (Phi) is 3.35. The standard InChI is InChI=1S/C16H20N4O/c1-2-6-17-16(3-1)20-9-7-19(8-10-20)12-14-11-15(21-18-14)13-4-5-13/h1-3,6,11,13H,4-5,7-10,12H2. The maximum absolute atomic E-state index is 5.42. The van der Waals surface area contributed by atoms with E-state index in [1.807, 2.05) is 18.3 Å². The summed E-state index contributed by atoms with van der Waals surface area (Å²) in [5.74, 6) is 2.80. The van der Waals surface area contributed by atoms with Crippen molar-refractivity contribution in [1.82, 2.24) is 15.0 Å². The molecule has 3 heterocycles. The number of rotatable bonds is 4. The Morgan fingerprint density at radius 1 is 1.14 bits per heavy atom. The summed E-state index contributed by atoms with van der Waals surface area (Å²) >= 11 is 0. The summed E-state index contributed by atoms with van der Waals surface area (Å²) in [6, 6.07) is 8.23. The second-order valence-corrected chi connectivity index (χ2v) is 5.95. The molecule has 0 spiro atoms. The largest absolute Gasteiger partial charge is 0.361 e. The molecular weight excluding hydrogens is 264 g/mol. The van der Waals surface area contributed by atoms with Gasteiger partial charge in [-0.25, -0.2) is 4.98 Å². The molecule has 5 heteroatoms. The van der Waals surface area contributed by atoms with Crippen molar-refractivity contribution in [1.29, 1.82) is 0 Å². The Bertz CT molecular complexity index is 585. The first-order valence-corrected chi connectivity index (χ1v) is 7.72. The van der Waals surface area contributed by atoms with E-state index in [9.17, 15) is 0 Å². The number of anilines is 1. The van der Waals surface area contributed by atoms with Crippen molar-refractivity contribution < 1.29 is 4.52 Å². The lowest BCUT2D eigenvalue weighted by Gasteiger charge is -2.34. The van der Waals surface area contributed by atoms with Gasteiger partial charge in [-0.05, 0) is 25.0 Å². The van der Waals surface area contributed by atoms with Crippen LogP contribution in [0.3, 0.4) is 0 Å². The van der Waals surface area contributed by atoms with E-state index in [4.69, 9.17) is 4.52 Å². The third kappa shape index (κ3) is 2.93. The van der Waals surface area contributed by atoms with Crippen molar-refractivity contribution in [3.63, 3.8) is 0 Å². The van der Waals surface area contributed by atoms with E-state index in [2.05, 4.69) is 32.1 Å². The fraction of sp³-hybridized carbons (Fsp3) is 0.500. The van der Waals surface area contributed by atoms with Crippen molar-refractivity contribution in [2.75, 3.05) is 31.1 Å². The molecule has 0 N–H and O–H groups in total. The molecule has 2 aliphatic rings. The minimum absolute atomic E-state index is 0.646. The Hall–Kier alpha value is -1.88. The van der Waals surface area contributed by atoms with Crippen molar-refractivity contribution in [3.8, 4) is 0 Å². The van der Waals surface area contributed by atoms with Crippen molar-refractivity contribution in [3.05, 3.63) is 41.9 Å². The Balaban J connectivity index is 1.32. The van der Waals surface area contributed by atoms with Crippen LogP contribution in [0.1, 0.15) is 30.2 Å². The van der Waals surface area contributed by atoms with Crippen LogP contribution >= 0.6 is 0 Å². The van der Waals surface area contributed by atoms with Gasteiger partial charge >= 0.3 is 0 Å². The molecule has 0 amide bonds. The zero-order chi connectivity index (χ0) is 14.1. The minimum atomic E-state index is 0.646. The third-order valence-corrected chi connectivity index (χ3v) is 4.29. The van der Waals surface area contributed by atoms with Gasteiger partial charge in [0.05, 0.1) is 5.69 Å². The van der Waals surface area contributed by atoms with Crippen LogP contribution in [-0.2, 0) is 6.54 Å². The lowest BCUT2D eigenvalue weighted by molar-refractivity contribution is 0.241. The predicted molar refractivity (Wildman–Crippen MR) is 80.2 cm³/mol. The van der Waals surface area contributed by atoms with Crippen LogP contribution in [0.2, 0.25) is 0 Å². The summed E-state index contributed by atoms with van der Waals surface area (Å²) in [5, 5.41) is 4.21. The maximum atomic E-state index is 5.42. The molecule has 2 aromatic heterocycles. The van der Waals surface area contributed by atoms with Gasteiger partial charge in [0.15, 0.2) is 0 Å². The molecule has 1 aliphatic heterocycles.